The van der Waals surface area contributed by atoms with E-state index in [1.807, 2.05) is 6.92 Å². The highest BCUT2D eigenvalue weighted by atomic mass is 19.1. The fourth-order valence-corrected chi connectivity index (χ4v) is 2.83. The van der Waals surface area contributed by atoms with E-state index in [1.54, 1.807) is 12.1 Å². The monoisotopic (exact) mass is 292 g/mol. The Hall–Kier alpha value is -1.42. The van der Waals surface area contributed by atoms with Gasteiger partial charge in [0.1, 0.15) is 5.82 Å². The summed E-state index contributed by atoms with van der Waals surface area (Å²) in [6.45, 7) is 7.93. The molecule has 2 rings (SSSR count). The summed E-state index contributed by atoms with van der Waals surface area (Å²) in [7, 11) is 0. The van der Waals surface area contributed by atoms with Gasteiger partial charge in [-0.3, -0.25) is 4.79 Å². The van der Waals surface area contributed by atoms with Gasteiger partial charge >= 0.3 is 0 Å². The number of carbonyl (C=O) groups excluding carboxylic acids is 1. The van der Waals surface area contributed by atoms with E-state index in [-0.39, 0.29) is 29.1 Å². The standard InChI is InChI=1S/C17H25FN2O/c1-12(2)15(13-4-6-14(18)7-5-13)20-16(21)17(3)8-10-19-11-9-17/h4-7,12,15,19H,8-11H2,1-3H3,(H,20,21). The Bertz CT molecular complexity index is 478. The average molecular weight is 292 g/mol. The van der Waals surface area contributed by atoms with Crippen LogP contribution in [0, 0.1) is 17.2 Å². The minimum Gasteiger partial charge on any atom is -0.349 e. The van der Waals surface area contributed by atoms with E-state index in [1.165, 1.54) is 12.1 Å². The summed E-state index contributed by atoms with van der Waals surface area (Å²) in [6, 6.07) is 6.33. The Morgan fingerprint density at radius 2 is 1.81 bits per heavy atom. The van der Waals surface area contributed by atoms with Gasteiger partial charge in [0.2, 0.25) is 5.91 Å². The van der Waals surface area contributed by atoms with E-state index in [0.717, 1.165) is 31.5 Å². The van der Waals surface area contributed by atoms with Crippen molar-refractivity contribution in [2.75, 3.05) is 13.1 Å². The van der Waals surface area contributed by atoms with E-state index >= 15 is 0 Å². The highest BCUT2D eigenvalue weighted by Gasteiger charge is 2.36. The third-order valence-corrected chi connectivity index (χ3v) is 4.44. The van der Waals surface area contributed by atoms with E-state index in [9.17, 15) is 9.18 Å². The Kier molecular flexibility index (Phi) is 4.99. The predicted molar refractivity (Wildman–Crippen MR) is 82.3 cm³/mol. The fraction of sp³-hybridized carbons (Fsp3) is 0.588. The molecule has 0 aromatic heterocycles. The molecule has 0 spiro atoms. The molecule has 1 saturated heterocycles. The van der Waals surface area contributed by atoms with Gasteiger partial charge in [-0.15, -0.1) is 0 Å². The molecule has 3 nitrogen and oxygen atoms in total. The Balaban J connectivity index is 2.12. The zero-order valence-corrected chi connectivity index (χ0v) is 13.1. The first-order chi connectivity index (χ1) is 9.92. The summed E-state index contributed by atoms with van der Waals surface area (Å²) >= 11 is 0. The van der Waals surface area contributed by atoms with Crippen molar-refractivity contribution in [3.8, 4) is 0 Å². The van der Waals surface area contributed by atoms with Gasteiger partial charge in [0, 0.05) is 5.41 Å². The molecule has 4 heteroatoms. The molecule has 21 heavy (non-hydrogen) atoms. The largest absolute Gasteiger partial charge is 0.349 e. The Morgan fingerprint density at radius 1 is 1.24 bits per heavy atom. The van der Waals surface area contributed by atoms with Crippen molar-refractivity contribution in [1.82, 2.24) is 10.6 Å². The van der Waals surface area contributed by atoms with Gasteiger partial charge in [0.15, 0.2) is 0 Å². The number of halogens is 1. The molecule has 2 N–H and O–H groups in total. The zero-order valence-electron chi connectivity index (χ0n) is 13.1. The second-order valence-corrected chi connectivity index (χ2v) is 6.56. The van der Waals surface area contributed by atoms with Crippen LogP contribution in [0.2, 0.25) is 0 Å². The van der Waals surface area contributed by atoms with Gasteiger partial charge in [-0.1, -0.05) is 32.9 Å². The van der Waals surface area contributed by atoms with E-state index < -0.39 is 0 Å². The van der Waals surface area contributed by atoms with Crippen LogP contribution in [0.4, 0.5) is 4.39 Å². The molecule has 1 aliphatic rings. The molecular formula is C17H25FN2O. The quantitative estimate of drug-likeness (QED) is 0.895. The summed E-state index contributed by atoms with van der Waals surface area (Å²) in [6.07, 6.45) is 1.71. The second-order valence-electron chi connectivity index (χ2n) is 6.56. The maximum absolute atomic E-state index is 13.1. The number of hydrogen-bond acceptors (Lipinski definition) is 2. The van der Waals surface area contributed by atoms with Crippen LogP contribution in [0.1, 0.15) is 45.2 Å². The highest BCUT2D eigenvalue weighted by molar-refractivity contribution is 5.82. The van der Waals surface area contributed by atoms with Crippen molar-refractivity contribution in [3.63, 3.8) is 0 Å². The molecule has 1 unspecified atom stereocenters. The van der Waals surface area contributed by atoms with Gasteiger partial charge in [0.25, 0.3) is 0 Å². The van der Waals surface area contributed by atoms with Crippen LogP contribution in [-0.4, -0.2) is 19.0 Å². The van der Waals surface area contributed by atoms with Crippen LogP contribution >= 0.6 is 0 Å². The van der Waals surface area contributed by atoms with Crippen LogP contribution < -0.4 is 10.6 Å². The number of carbonyl (C=O) groups is 1. The number of hydrogen-bond donors (Lipinski definition) is 2. The summed E-state index contributed by atoms with van der Waals surface area (Å²) in [5.41, 5.74) is 0.649. The summed E-state index contributed by atoms with van der Waals surface area (Å²) < 4.78 is 13.1. The van der Waals surface area contributed by atoms with Crippen LogP contribution in [0.15, 0.2) is 24.3 Å². The minimum atomic E-state index is -0.307. The van der Waals surface area contributed by atoms with Crippen LogP contribution in [0.25, 0.3) is 0 Å². The van der Waals surface area contributed by atoms with Gasteiger partial charge in [-0.25, -0.2) is 4.39 Å². The first-order valence-corrected chi connectivity index (χ1v) is 7.69. The van der Waals surface area contributed by atoms with E-state index in [0.29, 0.717) is 0 Å². The van der Waals surface area contributed by atoms with E-state index in [4.69, 9.17) is 0 Å². The normalized spacial score (nSPS) is 19.3. The molecule has 0 bridgehead atoms. The Morgan fingerprint density at radius 3 is 2.33 bits per heavy atom. The number of benzene rings is 1. The molecule has 1 aromatic rings. The predicted octanol–water partition coefficient (Wildman–Crippen LogP) is 3.03. The minimum absolute atomic E-state index is 0.0789. The third kappa shape index (κ3) is 3.82. The maximum atomic E-state index is 13.1. The maximum Gasteiger partial charge on any atom is 0.226 e. The topological polar surface area (TPSA) is 41.1 Å². The van der Waals surface area contributed by atoms with Crippen molar-refractivity contribution in [2.45, 2.75) is 39.7 Å². The zero-order chi connectivity index (χ0) is 15.5. The molecule has 1 atom stereocenters. The van der Waals surface area contributed by atoms with Crippen molar-refractivity contribution >= 4 is 5.91 Å². The van der Waals surface area contributed by atoms with Crippen LogP contribution in [-0.2, 0) is 4.79 Å². The summed E-state index contributed by atoms with van der Waals surface area (Å²) in [5, 5.41) is 6.46. The molecular weight excluding hydrogens is 267 g/mol. The molecule has 0 radical (unpaired) electrons. The van der Waals surface area contributed by atoms with Crippen LogP contribution in [0.3, 0.4) is 0 Å². The molecule has 116 valence electrons. The number of nitrogens with one attached hydrogen (secondary N) is 2. The first-order valence-electron chi connectivity index (χ1n) is 7.69. The number of piperidine rings is 1. The summed E-state index contributed by atoms with van der Waals surface area (Å²) in [4.78, 5) is 12.7. The first kappa shape index (κ1) is 16.0. The molecule has 1 fully saturated rings. The molecule has 0 saturated carbocycles. The van der Waals surface area contributed by atoms with Crippen molar-refractivity contribution in [2.24, 2.45) is 11.3 Å². The molecule has 1 aromatic carbocycles. The highest BCUT2D eigenvalue weighted by Crippen LogP contribution is 2.30. The van der Waals surface area contributed by atoms with Crippen molar-refractivity contribution in [3.05, 3.63) is 35.6 Å². The van der Waals surface area contributed by atoms with Crippen LogP contribution in [0.5, 0.6) is 0 Å². The molecule has 0 aliphatic carbocycles. The summed E-state index contributed by atoms with van der Waals surface area (Å²) in [5.74, 6) is 0.106. The lowest BCUT2D eigenvalue weighted by molar-refractivity contribution is -0.132. The lowest BCUT2D eigenvalue weighted by Gasteiger charge is -2.35. The van der Waals surface area contributed by atoms with Gasteiger partial charge in [0.05, 0.1) is 6.04 Å². The average Bonchev–Trinajstić information content (AvgIpc) is 2.46. The molecule has 1 amide bonds. The smallest absolute Gasteiger partial charge is 0.226 e. The third-order valence-electron chi connectivity index (χ3n) is 4.44. The molecule has 1 aliphatic heterocycles. The lowest BCUT2D eigenvalue weighted by Crippen LogP contribution is -2.47. The molecule has 1 heterocycles. The van der Waals surface area contributed by atoms with Gasteiger partial charge < -0.3 is 10.6 Å². The second kappa shape index (κ2) is 6.56. The van der Waals surface area contributed by atoms with Gasteiger partial charge in [-0.2, -0.15) is 0 Å². The number of rotatable bonds is 4. The Labute approximate surface area is 126 Å². The fourth-order valence-electron chi connectivity index (χ4n) is 2.83. The van der Waals surface area contributed by atoms with Crippen molar-refractivity contribution < 1.29 is 9.18 Å². The lowest BCUT2D eigenvalue weighted by atomic mass is 9.79. The number of amides is 1. The SMILES string of the molecule is CC(C)C(NC(=O)C1(C)CCNCC1)c1ccc(F)cc1. The van der Waals surface area contributed by atoms with E-state index in [2.05, 4.69) is 24.5 Å². The van der Waals surface area contributed by atoms with Crippen molar-refractivity contribution in [1.29, 1.82) is 0 Å². The van der Waals surface area contributed by atoms with Gasteiger partial charge in [-0.05, 0) is 49.5 Å².